The first-order chi connectivity index (χ1) is 8.66. The van der Waals surface area contributed by atoms with Gasteiger partial charge in [0.2, 0.25) is 0 Å². The van der Waals surface area contributed by atoms with Gasteiger partial charge in [-0.15, -0.1) is 0 Å². The summed E-state index contributed by atoms with van der Waals surface area (Å²) in [5.74, 6) is 0.185. The van der Waals surface area contributed by atoms with Gasteiger partial charge in [0.25, 0.3) is 0 Å². The second kappa shape index (κ2) is 5.23. The number of phenols is 1. The fraction of sp³-hybridized carbons (Fsp3) is 0.0714. The Labute approximate surface area is 105 Å². The van der Waals surface area contributed by atoms with E-state index in [0.717, 1.165) is 11.1 Å². The molecule has 2 aromatic rings. The normalized spacial score (nSPS) is 11.8. The highest BCUT2D eigenvalue weighted by Crippen LogP contribution is 2.23. The first kappa shape index (κ1) is 12.0. The quantitative estimate of drug-likeness (QED) is 0.771. The third-order valence-electron chi connectivity index (χ3n) is 2.65. The Hall–Kier alpha value is -2.49. The monoisotopic (exact) mass is 242 g/mol. The molecule has 2 aromatic carbocycles. The van der Waals surface area contributed by atoms with Crippen LogP contribution < -0.4 is 11.1 Å². The number of primary amides is 1. The number of carbonyl (C=O) groups is 1. The number of nitrogens with two attached hydrogens (primary N) is 1. The van der Waals surface area contributed by atoms with Crippen LogP contribution in [0.5, 0.6) is 5.75 Å². The number of phenolic OH excluding ortho intramolecular Hbond substituents is 1. The highest BCUT2D eigenvalue weighted by atomic mass is 16.3. The summed E-state index contributed by atoms with van der Waals surface area (Å²) in [7, 11) is 0. The van der Waals surface area contributed by atoms with Crippen molar-refractivity contribution in [2.45, 2.75) is 6.04 Å². The van der Waals surface area contributed by atoms with E-state index in [1.807, 2.05) is 30.3 Å². The molecule has 0 unspecified atom stereocenters. The van der Waals surface area contributed by atoms with Gasteiger partial charge in [-0.25, -0.2) is 4.79 Å². The molecule has 0 fully saturated rings. The molecule has 0 heterocycles. The molecule has 0 spiro atoms. The molecule has 0 bridgehead atoms. The second-order valence-electron chi connectivity index (χ2n) is 3.94. The summed E-state index contributed by atoms with van der Waals surface area (Å²) < 4.78 is 0. The molecule has 2 amide bonds. The second-order valence-corrected chi connectivity index (χ2v) is 3.94. The van der Waals surface area contributed by atoms with Gasteiger partial charge in [-0.3, -0.25) is 0 Å². The van der Waals surface area contributed by atoms with Gasteiger partial charge in [0, 0.05) is 0 Å². The number of rotatable bonds is 3. The smallest absolute Gasteiger partial charge is 0.312 e. The largest absolute Gasteiger partial charge is 0.508 e. The summed E-state index contributed by atoms with van der Waals surface area (Å²) >= 11 is 0. The minimum absolute atomic E-state index is 0.185. The zero-order valence-electron chi connectivity index (χ0n) is 9.71. The third kappa shape index (κ3) is 2.79. The summed E-state index contributed by atoms with van der Waals surface area (Å²) in [6.45, 7) is 0. The molecule has 4 N–H and O–H groups in total. The Balaban J connectivity index is 2.36. The van der Waals surface area contributed by atoms with E-state index in [1.54, 1.807) is 24.3 Å². The van der Waals surface area contributed by atoms with Gasteiger partial charge < -0.3 is 16.2 Å². The molecule has 0 saturated heterocycles. The van der Waals surface area contributed by atoms with Gasteiger partial charge >= 0.3 is 6.03 Å². The number of hydrogen-bond acceptors (Lipinski definition) is 2. The van der Waals surface area contributed by atoms with Crippen LogP contribution in [-0.2, 0) is 0 Å². The Morgan fingerprint density at radius 1 is 1.00 bits per heavy atom. The fourth-order valence-electron chi connectivity index (χ4n) is 1.81. The van der Waals surface area contributed by atoms with Crippen molar-refractivity contribution in [2.75, 3.05) is 0 Å². The lowest BCUT2D eigenvalue weighted by Crippen LogP contribution is -2.33. The van der Waals surface area contributed by atoms with Crippen LogP contribution in [0.2, 0.25) is 0 Å². The van der Waals surface area contributed by atoms with Crippen LogP contribution in [0, 0.1) is 0 Å². The molecule has 18 heavy (non-hydrogen) atoms. The maximum Gasteiger partial charge on any atom is 0.312 e. The Kier molecular flexibility index (Phi) is 3.48. The zero-order chi connectivity index (χ0) is 13.0. The van der Waals surface area contributed by atoms with Crippen LogP contribution >= 0.6 is 0 Å². The number of hydrogen-bond donors (Lipinski definition) is 3. The summed E-state index contributed by atoms with van der Waals surface area (Å²) in [5, 5.41) is 12.0. The Morgan fingerprint density at radius 2 is 1.56 bits per heavy atom. The molecule has 0 aliphatic carbocycles. The van der Waals surface area contributed by atoms with Crippen LogP contribution in [0.15, 0.2) is 54.6 Å². The number of urea groups is 1. The van der Waals surface area contributed by atoms with E-state index in [0.29, 0.717) is 0 Å². The van der Waals surface area contributed by atoms with E-state index < -0.39 is 6.03 Å². The average molecular weight is 242 g/mol. The molecule has 0 aliphatic heterocycles. The van der Waals surface area contributed by atoms with Crippen molar-refractivity contribution in [1.82, 2.24) is 5.32 Å². The van der Waals surface area contributed by atoms with Gasteiger partial charge in [0.05, 0.1) is 6.04 Å². The van der Waals surface area contributed by atoms with Gasteiger partial charge in [0.15, 0.2) is 0 Å². The Morgan fingerprint density at radius 3 is 2.11 bits per heavy atom. The van der Waals surface area contributed by atoms with Crippen molar-refractivity contribution >= 4 is 6.03 Å². The summed E-state index contributed by atoms with van der Waals surface area (Å²) in [4.78, 5) is 11.1. The lowest BCUT2D eigenvalue weighted by molar-refractivity contribution is 0.247. The maximum atomic E-state index is 11.1. The van der Waals surface area contributed by atoms with Crippen LogP contribution in [-0.4, -0.2) is 11.1 Å². The van der Waals surface area contributed by atoms with Gasteiger partial charge in [-0.05, 0) is 23.3 Å². The van der Waals surface area contributed by atoms with Crippen molar-refractivity contribution in [2.24, 2.45) is 5.73 Å². The van der Waals surface area contributed by atoms with Crippen LogP contribution in [0.3, 0.4) is 0 Å². The van der Waals surface area contributed by atoms with Crippen molar-refractivity contribution < 1.29 is 9.90 Å². The minimum Gasteiger partial charge on any atom is -0.508 e. The molecular formula is C14H14N2O2. The van der Waals surface area contributed by atoms with E-state index in [2.05, 4.69) is 5.32 Å². The fourth-order valence-corrected chi connectivity index (χ4v) is 1.81. The van der Waals surface area contributed by atoms with E-state index >= 15 is 0 Å². The van der Waals surface area contributed by atoms with E-state index in [9.17, 15) is 9.90 Å². The number of benzene rings is 2. The number of carbonyl (C=O) groups excluding carboxylic acids is 1. The number of nitrogens with one attached hydrogen (secondary N) is 1. The molecule has 0 saturated carbocycles. The zero-order valence-corrected chi connectivity index (χ0v) is 9.71. The minimum atomic E-state index is -0.586. The van der Waals surface area contributed by atoms with E-state index in [-0.39, 0.29) is 11.8 Å². The predicted octanol–water partition coefficient (Wildman–Crippen LogP) is 2.15. The van der Waals surface area contributed by atoms with Gasteiger partial charge in [0.1, 0.15) is 5.75 Å². The molecule has 0 aliphatic rings. The van der Waals surface area contributed by atoms with Gasteiger partial charge in [-0.2, -0.15) is 0 Å². The predicted molar refractivity (Wildman–Crippen MR) is 69.1 cm³/mol. The first-order valence-electron chi connectivity index (χ1n) is 5.56. The average Bonchev–Trinajstić information content (AvgIpc) is 2.38. The van der Waals surface area contributed by atoms with Gasteiger partial charge in [-0.1, -0.05) is 42.5 Å². The molecule has 4 heteroatoms. The lowest BCUT2D eigenvalue weighted by atomic mass is 9.99. The maximum absolute atomic E-state index is 11.1. The first-order valence-corrected chi connectivity index (χ1v) is 5.56. The van der Waals surface area contributed by atoms with Crippen LogP contribution in [0.4, 0.5) is 4.79 Å². The third-order valence-corrected chi connectivity index (χ3v) is 2.65. The van der Waals surface area contributed by atoms with Crippen LogP contribution in [0.25, 0.3) is 0 Å². The summed E-state index contributed by atoms with van der Waals surface area (Å²) in [5.41, 5.74) is 6.99. The highest BCUT2D eigenvalue weighted by Gasteiger charge is 2.14. The summed E-state index contributed by atoms with van der Waals surface area (Å²) in [6, 6.07) is 15.3. The Bertz CT molecular complexity index is 523. The number of aromatic hydroxyl groups is 1. The van der Waals surface area contributed by atoms with E-state index in [4.69, 9.17) is 5.73 Å². The SMILES string of the molecule is NC(=O)N[C@H](c1ccccc1)c1ccc(O)cc1. The molecule has 92 valence electrons. The van der Waals surface area contributed by atoms with Crippen molar-refractivity contribution in [3.8, 4) is 5.75 Å². The molecular weight excluding hydrogens is 228 g/mol. The van der Waals surface area contributed by atoms with Crippen LogP contribution in [0.1, 0.15) is 17.2 Å². The summed E-state index contributed by atoms with van der Waals surface area (Å²) in [6.07, 6.45) is 0. The van der Waals surface area contributed by atoms with Crippen molar-refractivity contribution in [3.05, 3.63) is 65.7 Å². The van der Waals surface area contributed by atoms with Crippen molar-refractivity contribution in [1.29, 1.82) is 0 Å². The molecule has 2 rings (SSSR count). The topological polar surface area (TPSA) is 75.4 Å². The number of amides is 2. The lowest BCUT2D eigenvalue weighted by Gasteiger charge is -2.18. The molecule has 1 atom stereocenters. The van der Waals surface area contributed by atoms with E-state index in [1.165, 1.54) is 0 Å². The highest BCUT2D eigenvalue weighted by molar-refractivity contribution is 5.73. The molecule has 4 nitrogen and oxygen atoms in total. The standard InChI is InChI=1S/C14H14N2O2/c15-14(18)16-13(10-4-2-1-3-5-10)11-6-8-12(17)9-7-11/h1-9,13,17H,(H3,15,16,18)/t13-/m1/s1. The van der Waals surface area contributed by atoms with Crippen molar-refractivity contribution in [3.63, 3.8) is 0 Å². The molecule has 0 radical (unpaired) electrons. The molecule has 0 aromatic heterocycles.